The summed E-state index contributed by atoms with van der Waals surface area (Å²) >= 11 is 0. The topological polar surface area (TPSA) is 106 Å². The Bertz CT molecular complexity index is 724. The van der Waals surface area contributed by atoms with Crippen LogP contribution in [-0.2, 0) is 9.59 Å². The fourth-order valence-electron chi connectivity index (χ4n) is 2.87. The van der Waals surface area contributed by atoms with Crippen LogP contribution in [0.4, 0.5) is 10.5 Å². The van der Waals surface area contributed by atoms with Gasteiger partial charge in [0, 0.05) is 18.7 Å². The average molecular weight is 393 g/mol. The molecule has 1 aromatic rings. The van der Waals surface area contributed by atoms with E-state index in [-0.39, 0.29) is 18.0 Å². The van der Waals surface area contributed by atoms with Crippen LogP contribution < -0.4 is 29.7 Å². The lowest BCUT2D eigenvalue weighted by Crippen LogP contribution is -2.37. The molecule has 0 aromatic heterocycles. The van der Waals surface area contributed by atoms with Gasteiger partial charge in [0.15, 0.2) is 11.5 Å². The second kappa shape index (κ2) is 9.29. The number of rotatable bonds is 9. The maximum atomic E-state index is 12.7. The van der Waals surface area contributed by atoms with Crippen LogP contribution >= 0.6 is 0 Å². The number of nitrogens with zero attached hydrogens (tertiary/aromatic N) is 1. The van der Waals surface area contributed by atoms with Crippen molar-refractivity contribution in [2.75, 3.05) is 32.8 Å². The molecular formula is C19H27N3O6. The summed E-state index contributed by atoms with van der Waals surface area (Å²) in [6, 6.07) is 1.47. The van der Waals surface area contributed by atoms with Gasteiger partial charge in [0.25, 0.3) is 5.91 Å². The summed E-state index contributed by atoms with van der Waals surface area (Å²) < 4.78 is 15.8. The van der Waals surface area contributed by atoms with E-state index in [1.165, 1.54) is 33.5 Å². The van der Waals surface area contributed by atoms with Crippen LogP contribution in [0.25, 0.3) is 0 Å². The van der Waals surface area contributed by atoms with Gasteiger partial charge in [-0.25, -0.2) is 9.69 Å². The van der Waals surface area contributed by atoms with Crippen molar-refractivity contribution in [3.63, 3.8) is 0 Å². The molecular weight excluding hydrogens is 366 g/mol. The summed E-state index contributed by atoms with van der Waals surface area (Å²) in [5, 5.41) is 5.31. The van der Waals surface area contributed by atoms with Crippen molar-refractivity contribution in [1.29, 1.82) is 0 Å². The van der Waals surface area contributed by atoms with Crippen molar-refractivity contribution < 1.29 is 28.6 Å². The molecule has 9 heteroatoms. The zero-order valence-corrected chi connectivity index (χ0v) is 16.8. The first-order chi connectivity index (χ1) is 13.3. The normalized spacial score (nSPS) is 16.2. The summed E-state index contributed by atoms with van der Waals surface area (Å²) in [6.45, 7) is 4.65. The number of urea groups is 1. The van der Waals surface area contributed by atoms with Crippen molar-refractivity contribution in [3.8, 4) is 17.2 Å². The predicted molar refractivity (Wildman–Crippen MR) is 103 cm³/mol. The first-order valence-electron chi connectivity index (χ1n) is 9.03. The summed E-state index contributed by atoms with van der Waals surface area (Å²) in [4.78, 5) is 38.2. The summed E-state index contributed by atoms with van der Waals surface area (Å²) in [7, 11) is 4.34. The molecule has 2 N–H and O–H groups in total. The third kappa shape index (κ3) is 4.65. The van der Waals surface area contributed by atoms with Crippen molar-refractivity contribution in [1.82, 2.24) is 10.6 Å². The second-order valence-electron chi connectivity index (χ2n) is 6.80. The zero-order chi connectivity index (χ0) is 20.8. The van der Waals surface area contributed by atoms with Crippen molar-refractivity contribution >= 4 is 23.5 Å². The molecule has 1 atom stereocenters. The lowest BCUT2D eigenvalue weighted by Gasteiger charge is -2.18. The quantitative estimate of drug-likeness (QED) is 0.619. The number of carbonyl (C=O) groups is 3. The van der Waals surface area contributed by atoms with Gasteiger partial charge in [-0.3, -0.25) is 9.59 Å². The van der Waals surface area contributed by atoms with E-state index in [9.17, 15) is 14.4 Å². The van der Waals surface area contributed by atoms with Crippen LogP contribution in [0, 0.1) is 5.92 Å². The van der Waals surface area contributed by atoms with E-state index in [0.717, 1.165) is 11.3 Å². The van der Waals surface area contributed by atoms with Gasteiger partial charge in [0.05, 0.1) is 33.4 Å². The third-order valence-corrected chi connectivity index (χ3v) is 4.36. The molecule has 0 spiro atoms. The molecule has 1 aliphatic heterocycles. The molecule has 154 valence electrons. The minimum atomic E-state index is -0.925. The van der Waals surface area contributed by atoms with Crippen LogP contribution in [-0.4, -0.2) is 51.8 Å². The molecule has 1 saturated heterocycles. The van der Waals surface area contributed by atoms with Crippen LogP contribution in [0.1, 0.15) is 26.7 Å². The van der Waals surface area contributed by atoms with Gasteiger partial charge in [0.2, 0.25) is 11.7 Å². The van der Waals surface area contributed by atoms with Gasteiger partial charge in [-0.15, -0.1) is 0 Å². The Morgan fingerprint density at radius 1 is 1.14 bits per heavy atom. The number of imide groups is 1. The van der Waals surface area contributed by atoms with E-state index < -0.39 is 18.0 Å². The van der Waals surface area contributed by atoms with E-state index in [1.807, 2.05) is 0 Å². The second-order valence-corrected chi connectivity index (χ2v) is 6.80. The van der Waals surface area contributed by atoms with Gasteiger partial charge >= 0.3 is 6.03 Å². The predicted octanol–water partition coefficient (Wildman–Crippen LogP) is 1.69. The van der Waals surface area contributed by atoms with E-state index >= 15 is 0 Å². The van der Waals surface area contributed by atoms with E-state index in [2.05, 4.69) is 24.5 Å². The summed E-state index contributed by atoms with van der Waals surface area (Å²) in [6.07, 6.45) is 0.720. The Morgan fingerprint density at radius 2 is 1.75 bits per heavy atom. The third-order valence-electron chi connectivity index (χ3n) is 4.36. The number of carbonyl (C=O) groups excluding carboxylic acids is 3. The van der Waals surface area contributed by atoms with Crippen LogP contribution in [0.5, 0.6) is 17.2 Å². The average Bonchev–Trinajstić information content (AvgIpc) is 2.93. The number of nitrogens with one attached hydrogen (secondary N) is 2. The number of anilines is 1. The lowest BCUT2D eigenvalue weighted by molar-refractivity contribution is -0.125. The standard InChI is InChI=1S/C19H27N3O6/c1-11(2)6-7-20-16(23)10-13-18(24)22(19(25)21-13)12-8-14(26-3)17(28-5)15(9-12)27-4/h8-9,11,13H,6-7,10H2,1-5H3,(H,20,23)(H,21,25)/t13-/m1/s1. The number of hydrogen-bond acceptors (Lipinski definition) is 6. The molecule has 4 amide bonds. The van der Waals surface area contributed by atoms with Crippen molar-refractivity contribution in [2.45, 2.75) is 32.7 Å². The smallest absolute Gasteiger partial charge is 0.329 e. The monoisotopic (exact) mass is 393 g/mol. The summed E-state index contributed by atoms with van der Waals surface area (Å²) in [5.41, 5.74) is 0.264. The van der Waals surface area contributed by atoms with Crippen molar-refractivity contribution in [3.05, 3.63) is 12.1 Å². The Kier molecular flexibility index (Phi) is 7.08. The molecule has 0 unspecified atom stereocenters. The van der Waals surface area contributed by atoms with Gasteiger partial charge in [-0.05, 0) is 12.3 Å². The highest BCUT2D eigenvalue weighted by molar-refractivity contribution is 6.22. The molecule has 0 radical (unpaired) electrons. The van der Waals surface area contributed by atoms with E-state index in [4.69, 9.17) is 14.2 Å². The lowest BCUT2D eigenvalue weighted by atomic mass is 10.1. The molecule has 1 fully saturated rings. The fraction of sp³-hybridized carbons (Fsp3) is 0.526. The van der Waals surface area contributed by atoms with Crippen LogP contribution in [0.3, 0.4) is 0 Å². The van der Waals surface area contributed by atoms with Crippen LogP contribution in [0.15, 0.2) is 12.1 Å². The van der Waals surface area contributed by atoms with E-state index in [1.54, 1.807) is 0 Å². The van der Waals surface area contributed by atoms with Crippen LogP contribution in [0.2, 0.25) is 0 Å². The van der Waals surface area contributed by atoms with Crippen molar-refractivity contribution in [2.24, 2.45) is 5.92 Å². The highest BCUT2D eigenvalue weighted by atomic mass is 16.5. The Morgan fingerprint density at radius 3 is 2.25 bits per heavy atom. The maximum absolute atomic E-state index is 12.7. The first-order valence-corrected chi connectivity index (χ1v) is 9.03. The molecule has 1 heterocycles. The molecule has 0 aliphatic carbocycles. The number of hydrogen-bond donors (Lipinski definition) is 2. The van der Waals surface area contributed by atoms with E-state index in [0.29, 0.717) is 29.7 Å². The minimum absolute atomic E-state index is 0.121. The fourth-order valence-corrected chi connectivity index (χ4v) is 2.87. The Balaban J connectivity index is 2.16. The van der Waals surface area contributed by atoms with Gasteiger partial charge in [-0.1, -0.05) is 13.8 Å². The molecule has 1 aromatic carbocycles. The minimum Gasteiger partial charge on any atom is -0.493 e. The molecule has 2 rings (SSSR count). The maximum Gasteiger partial charge on any atom is 0.329 e. The number of ether oxygens (including phenoxy) is 3. The molecule has 0 bridgehead atoms. The van der Waals surface area contributed by atoms with Gasteiger partial charge in [0.1, 0.15) is 6.04 Å². The summed E-state index contributed by atoms with van der Waals surface area (Å²) in [5.74, 6) is 0.634. The number of benzene rings is 1. The van der Waals surface area contributed by atoms with Gasteiger partial charge < -0.3 is 24.8 Å². The first kappa shape index (κ1) is 21.3. The SMILES string of the molecule is COc1cc(N2C(=O)N[C@H](CC(=O)NCCC(C)C)C2=O)cc(OC)c1OC. The molecule has 1 aliphatic rings. The molecule has 28 heavy (non-hydrogen) atoms. The zero-order valence-electron chi connectivity index (χ0n) is 16.8. The van der Waals surface area contributed by atoms with Gasteiger partial charge in [-0.2, -0.15) is 0 Å². The molecule has 0 saturated carbocycles. The highest BCUT2D eigenvalue weighted by Crippen LogP contribution is 2.41. The highest BCUT2D eigenvalue weighted by Gasteiger charge is 2.40. The largest absolute Gasteiger partial charge is 0.493 e. The molecule has 9 nitrogen and oxygen atoms in total. The Hall–Kier alpha value is -2.97. The Labute approximate surface area is 164 Å². The number of methoxy groups -OCH3 is 3. The number of amides is 4.